The average molecular weight is 347 g/mol. The first-order valence-corrected chi connectivity index (χ1v) is 7.51. The van der Waals surface area contributed by atoms with Crippen LogP contribution in [0.25, 0.3) is 0 Å². The third-order valence-corrected chi connectivity index (χ3v) is 3.51. The lowest BCUT2D eigenvalue weighted by Crippen LogP contribution is -2.06. The Morgan fingerprint density at radius 3 is 2.70 bits per heavy atom. The van der Waals surface area contributed by atoms with E-state index in [1.165, 1.54) is 6.20 Å². The molecule has 23 heavy (non-hydrogen) atoms. The Bertz CT molecular complexity index is 797. The van der Waals surface area contributed by atoms with Gasteiger partial charge >= 0.3 is 0 Å². The van der Waals surface area contributed by atoms with Crippen LogP contribution in [0.4, 0.5) is 17.5 Å². The predicted octanol–water partition coefficient (Wildman–Crippen LogP) is 3.93. The zero-order valence-electron chi connectivity index (χ0n) is 11.9. The molecule has 6 nitrogen and oxygen atoms in total. The summed E-state index contributed by atoms with van der Waals surface area (Å²) in [5.74, 6) is 0.923. The van der Waals surface area contributed by atoms with Crippen LogP contribution < -0.4 is 10.6 Å². The van der Waals surface area contributed by atoms with Gasteiger partial charge < -0.3 is 10.6 Å². The lowest BCUT2D eigenvalue weighted by atomic mass is 10.3. The molecule has 0 aliphatic carbocycles. The van der Waals surface area contributed by atoms with Crippen LogP contribution in [0, 0.1) is 0 Å². The van der Waals surface area contributed by atoms with Crippen LogP contribution in [-0.4, -0.2) is 20.2 Å². The molecular weight excluding hydrogens is 335 g/mol. The van der Waals surface area contributed by atoms with Gasteiger partial charge in [0, 0.05) is 24.0 Å². The normalized spacial score (nSPS) is 10.3. The molecule has 0 saturated carbocycles. The molecule has 0 bridgehead atoms. The fraction of sp³-hybridized carbons (Fsp3) is 0.0667. The Balaban J connectivity index is 1.71. The number of rotatable bonds is 5. The summed E-state index contributed by atoms with van der Waals surface area (Å²) in [7, 11) is 0. The Hall–Kier alpha value is -2.44. The number of pyridine rings is 1. The molecule has 2 N–H and O–H groups in total. The second kappa shape index (κ2) is 7.21. The van der Waals surface area contributed by atoms with Gasteiger partial charge in [-0.3, -0.25) is 4.98 Å². The van der Waals surface area contributed by atoms with Crippen molar-refractivity contribution in [2.24, 2.45) is 0 Å². The van der Waals surface area contributed by atoms with E-state index < -0.39 is 0 Å². The van der Waals surface area contributed by atoms with Crippen molar-refractivity contribution in [1.82, 2.24) is 20.2 Å². The van der Waals surface area contributed by atoms with Crippen molar-refractivity contribution in [3.63, 3.8) is 0 Å². The molecule has 0 saturated heterocycles. The molecule has 0 fully saturated rings. The second-order valence-electron chi connectivity index (χ2n) is 4.62. The highest BCUT2D eigenvalue weighted by molar-refractivity contribution is 6.35. The summed E-state index contributed by atoms with van der Waals surface area (Å²) >= 11 is 12.1. The van der Waals surface area contributed by atoms with Gasteiger partial charge in [0.1, 0.15) is 0 Å². The van der Waals surface area contributed by atoms with E-state index in [0.29, 0.717) is 34.0 Å². The molecule has 1 aromatic carbocycles. The van der Waals surface area contributed by atoms with Gasteiger partial charge in [0.2, 0.25) is 5.95 Å². The molecule has 3 rings (SSSR count). The predicted molar refractivity (Wildman–Crippen MR) is 91.1 cm³/mol. The smallest absolute Gasteiger partial charge is 0.244 e. The van der Waals surface area contributed by atoms with E-state index in [1.807, 2.05) is 12.1 Å². The molecule has 2 aromatic heterocycles. The fourth-order valence-electron chi connectivity index (χ4n) is 1.85. The first-order valence-electron chi connectivity index (χ1n) is 6.75. The summed E-state index contributed by atoms with van der Waals surface area (Å²) in [5.41, 5.74) is 1.72. The number of anilines is 3. The monoisotopic (exact) mass is 346 g/mol. The van der Waals surface area contributed by atoms with Gasteiger partial charge in [-0.25, -0.2) is 0 Å². The number of nitrogens with one attached hydrogen (secondary N) is 2. The van der Waals surface area contributed by atoms with Crippen molar-refractivity contribution in [3.05, 3.63) is 64.5 Å². The topological polar surface area (TPSA) is 75.6 Å². The maximum atomic E-state index is 6.12. The molecule has 8 heteroatoms. The summed E-state index contributed by atoms with van der Waals surface area (Å²) in [6.07, 6.45) is 4.97. The molecule has 0 aliphatic rings. The number of hydrogen-bond donors (Lipinski definition) is 2. The summed E-state index contributed by atoms with van der Waals surface area (Å²) in [4.78, 5) is 8.31. The van der Waals surface area contributed by atoms with E-state index in [4.69, 9.17) is 23.2 Å². The van der Waals surface area contributed by atoms with Crippen LogP contribution in [0.5, 0.6) is 0 Å². The van der Waals surface area contributed by atoms with Crippen molar-refractivity contribution < 1.29 is 0 Å². The van der Waals surface area contributed by atoms with Crippen LogP contribution in [0.2, 0.25) is 10.0 Å². The number of aromatic nitrogens is 4. The molecule has 3 aromatic rings. The average Bonchev–Trinajstić information content (AvgIpc) is 2.58. The van der Waals surface area contributed by atoms with E-state index in [2.05, 4.69) is 30.8 Å². The minimum absolute atomic E-state index is 0.407. The van der Waals surface area contributed by atoms with E-state index in [-0.39, 0.29) is 0 Å². The van der Waals surface area contributed by atoms with Crippen molar-refractivity contribution in [3.8, 4) is 0 Å². The van der Waals surface area contributed by atoms with Gasteiger partial charge in [-0.05, 0) is 35.9 Å². The Morgan fingerprint density at radius 2 is 1.87 bits per heavy atom. The third kappa shape index (κ3) is 4.28. The van der Waals surface area contributed by atoms with E-state index >= 15 is 0 Å². The van der Waals surface area contributed by atoms with Gasteiger partial charge in [0.15, 0.2) is 5.82 Å². The molecule has 0 unspecified atom stereocenters. The van der Waals surface area contributed by atoms with Gasteiger partial charge in [-0.2, -0.15) is 10.1 Å². The van der Waals surface area contributed by atoms with Crippen LogP contribution in [0.1, 0.15) is 5.56 Å². The van der Waals surface area contributed by atoms with Crippen LogP contribution >= 0.6 is 23.2 Å². The highest BCUT2D eigenvalue weighted by atomic mass is 35.5. The molecule has 2 heterocycles. The van der Waals surface area contributed by atoms with Crippen molar-refractivity contribution >= 4 is 40.7 Å². The maximum Gasteiger partial charge on any atom is 0.244 e. The SMILES string of the molecule is Clc1ccc(Cl)c(Nc2cnnc(NCc3ccncc3)n2)c1. The van der Waals surface area contributed by atoms with Gasteiger partial charge in [0.05, 0.1) is 16.9 Å². The second-order valence-corrected chi connectivity index (χ2v) is 5.47. The zero-order chi connectivity index (χ0) is 16.1. The molecule has 0 atom stereocenters. The Morgan fingerprint density at radius 1 is 1.04 bits per heavy atom. The minimum Gasteiger partial charge on any atom is -0.349 e. The highest BCUT2D eigenvalue weighted by Crippen LogP contribution is 2.27. The molecule has 0 spiro atoms. The quantitative estimate of drug-likeness (QED) is 0.728. The highest BCUT2D eigenvalue weighted by Gasteiger charge is 2.05. The summed E-state index contributed by atoms with van der Waals surface area (Å²) in [5, 5.41) is 15.2. The number of nitrogens with zero attached hydrogens (tertiary/aromatic N) is 4. The van der Waals surface area contributed by atoms with Crippen LogP contribution in [0.15, 0.2) is 48.9 Å². The first-order chi connectivity index (χ1) is 11.2. The number of benzene rings is 1. The van der Waals surface area contributed by atoms with Crippen molar-refractivity contribution in [2.75, 3.05) is 10.6 Å². The van der Waals surface area contributed by atoms with Gasteiger partial charge in [-0.15, -0.1) is 5.10 Å². The standard InChI is InChI=1S/C15H12Cl2N6/c16-11-1-2-12(17)13(7-11)21-14-9-20-23-15(22-14)19-8-10-3-5-18-6-4-10/h1-7,9H,8H2,(H2,19,21,22,23). The van der Waals surface area contributed by atoms with Crippen molar-refractivity contribution in [2.45, 2.75) is 6.54 Å². The summed E-state index contributed by atoms with van der Waals surface area (Å²) in [6, 6.07) is 8.97. The Labute approximate surface area is 142 Å². The number of halogens is 2. The van der Waals surface area contributed by atoms with Gasteiger partial charge in [0.25, 0.3) is 0 Å². The minimum atomic E-state index is 0.407. The first kappa shape index (κ1) is 15.5. The lowest BCUT2D eigenvalue weighted by molar-refractivity contribution is 0.948. The largest absolute Gasteiger partial charge is 0.349 e. The molecular formula is C15H12Cl2N6. The number of hydrogen-bond acceptors (Lipinski definition) is 6. The van der Waals surface area contributed by atoms with Gasteiger partial charge in [-0.1, -0.05) is 23.2 Å². The summed E-state index contributed by atoms with van der Waals surface area (Å²) in [6.45, 7) is 0.575. The molecule has 0 amide bonds. The van der Waals surface area contributed by atoms with E-state index in [0.717, 1.165) is 5.56 Å². The molecule has 116 valence electrons. The molecule has 0 aliphatic heterocycles. The third-order valence-electron chi connectivity index (χ3n) is 2.95. The van der Waals surface area contributed by atoms with Crippen LogP contribution in [-0.2, 0) is 6.54 Å². The van der Waals surface area contributed by atoms with Crippen LogP contribution in [0.3, 0.4) is 0 Å². The zero-order valence-corrected chi connectivity index (χ0v) is 13.4. The van der Waals surface area contributed by atoms with E-state index in [1.54, 1.807) is 30.6 Å². The van der Waals surface area contributed by atoms with E-state index in [9.17, 15) is 0 Å². The van der Waals surface area contributed by atoms with Crippen molar-refractivity contribution in [1.29, 1.82) is 0 Å². The fourth-order valence-corrected chi connectivity index (χ4v) is 2.19. The summed E-state index contributed by atoms with van der Waals surface area (Å²) < 4.78 is 0. The Kier molecular flexibility index (Phi) is 4.85. The lowest BCUT2D eigenvalue weighted by Gasteiger charge is -2.09. The maximum absolute atomic E-state index is 6.12. The molecule has 0 radical (unpaired) electrons.